The Bertz CT molecular complexity index is 607. The monoisotopic (exact) mass is 306 g/mol. The zero-order valence-corrected chi connectivity index (χ0v) is 11.5. The van der Waals surface area contributed by atoms with Crippen molar-refractivity contribution in [2.45, 2.75) is 12.5 Å². The minimum Gasteiger partial charge on any atom is -0.480 e. The van der Waals surface area contributed by atoms with Gasteiger partial charge in [0.1, 0.15) is 6.04 Å². The van der Waals surface area contributed by atoms with Crippen LogP contribution in [0.15, 0.2) is 24.3 Å². The number of fused-ring (bicyclic) bond motifs is 1. The highest BCUT2D eigenvalue weighted by Crippen LogP contribution is 2.22. The number of carboxylic acids is 1. The molecule has 8 nitrogen and oxygen atoms in total. The van der Waals surface area contributed by atoms with E-state index in [1.807, 2.05) is 0 Å². The molecule has 1 heterocycles. The van der Waals surface area contributed by atoms with Crippen LogP contribution >= 0.6 is 0 Å². The van der Waals surface area contributed by atoms with E-state index in [4.69, 9.17) is 10.2 Å². The van der Waals surface area contributed by atoms with Crippen LogP contribution in [0.3, 0.4) is 0 Å². The summed E-state index contributed by atoms with van der Waals surface area (Å²) in [6.45, 7) is -0.899. The lowest BCUT2D eigenvalue weighted by atomic mass is 10.1. The number of hydrogen-bond acceptors (Lipinski definition) is 5. The summed E-state index contributed by atoms with van der Waals surface area (Å²) in [5.74, 6) is -3.00. The first-order valence-electron chi connectivity index (χ1n) is 6.54. The summed E-state index contributed by atoms with van der Waals surface area (Å²) in [4.78, 5) is 47.3. The van der Waals surface area contributed by atoms with Gasteiger partial charge in [0.2, 0.25) is 5.91 Å². The summed E-state index contributed by atoms with van der Waals surface area (Å²) in [6, 6.07) is 4.93. The van der Waals surface area contributed by atoms with E-state index in [0.717, 1.165) is 4.90 Å². The third-order valence-corrected chi connectivity index (χ3v) is 3.26. The normalized spacial score (nSPS) is 14.7. The molecule has 3 N–H and O–H groups in total. The lowest BCUT2D eigenvalue weighted by molar-refractivity contribution is -0.143. The average molecular weight is 306 g/mol. The molecular weight excluding hydrogens is 292 g/mol. The molecular formula is C14H14N2O6. The van der Waals surface area contributed by atoms with Crippen LogP contribution in [-0.4, -0.2) is 58.0 Å². The van der Waals surface area contributed by atoms with E-state index in [0.29, 0.717) is 0 Å². The number of carbonyl (C=O) groups excluding carboxylic acids is 3. The molecule has 1 unspecified atom stereocenters. The SMILES string of the molecule is O=C(CCN1C(=O)c2ccccc2C1=O)NC(CO)C(=O)O. The van der Waals surface area contributed by atoms with Crippen LogP contribution in [0.2, 0.25) is 0 Å². The standard InChI is InChI=1S/C14H14N2O6/c17-7-10(14(21)22)15-11(18)5-6-16-12(19)8-3-1-2-4-9(8)13(16)20/h1-4,10,17H,5-7H2,(H,15,18)(H,21,22). The fourth-order valence-corrected chi connectivity index (χ4v) is 2.11. The molecule has 0 aromatic heterocycles. The Morgan fingerprint density at radius 3 is 2.14 bits per heavy atom. The zero-order chi connectivity index (χ0) is 16.3. The molecule has 0 aliphatic carbocycles. The third kappa shape index (κ3) is 2.96. The van der Waals surface area contributed by atoms with Gasteiger partial charge >= 0.3 is 5.97 Å². The molecule has 22 heavy (non-hydrogen) atoms. The topological polar surface area (TPSA) is 124 Å². The summed E-state index contributed by atoms with van der Waals surface area (Å²) in [5, 5.41) is 19.6. The number of nitrogens with zero attached hydrogens (tertiary/aromatic N) is 1. The van der Waals surface area contributed by atoms with Crippen molar-refractivity contribution in [1.29, 1.82) is 0 Å². The molecule has 1 aromatic carbocycles. The molecule has 8 heteroatoms. The van der Waals surface area contributed by atoms with Crippen molar-refractivity contribution in [1.82, 2.24) is 10.2 Å². The number of benzene rings is 1. The van der Waals surface area contributed by atoms with Crippen molar-refractivity contribution in [3.63, 3.8) is 0 Å². The molecule has 0 saturated carbocycles. The minimum absolute atomic E-state index is 0.157. The maximum absolute atomic E-state index is 12.0. The lowest BCUT2D eigenvalue weighted by Gasteiger charge is -2.15. The predicted octanol–water partition coefficient (Wildman–Crippen LogP) is -0.766. The number of nitrogens with one attached hydrogen (secondary N) is 1. The molecule has 1 atom stereocenters. The second-order valence-electron chi connectivity index (χ2n) is 4.70. The van der Waals surface area contributed by atoms with Crippen molar-refractivity contribution in [2.75, 3.05) is 13.2 Å². The number of aliphatic carboxylic acids is 1. The number of carbonyl (C=O) groups is 4. The van der Waals surface area contributed by atoms with Crippen molar-refractivity contribution < 1.29 is 29.4 Å². The van der Waals surface area contributed by atoms with Crippen LogP contribution in [0, 0.1) is 0 Å². The average Bonchev–Trinajstić information content (AvgIpc) is 2.74. The highest BCUT2D eigenvalue weighted by molar-refractivity contribution is 6.21. The van der Waals surface area contributed by atoms with E-state index >= 15 is 0 Å². The first-order valence-corrected chi connectivity index (χ1v) is 6.54. The van der Waals surface area contributed by atoms with Gasteiger partial charge in [-0.25, -0.2) is 4.79 Å². The Balaban J connectivity index is 1.96. The molecule has 1 aromatic rings. The molecule has 116 valence electrons. The van der Waals surface area contributed by atoms with Crippen LogP contribution < -0.4 is 5.32 Å². The minimum atomic E-state index is -1.41. The number of hydrogen-bond donors (Lipinski definition) is 3. The summed E-state index contributed by atoms with van der Waals surface area (Å²) >= 11 is 0. The van der Waals surface area contributed by atoms with Crippen molar-refractivity contribution >= 4 is 23.7 Å². The Labute approximate surface area is 125 Å². The second kappa shape index (κ2) is 6.35. The van der Waals surface area contributed by atoms with Gasteiger partial charge in [0.15, 0.2) is 0 Å². The van der Waals surface area contributed by atoms with Crippen LogP contribution in [0.4, 0.5) is 0 Å². The fourth-order valence-electron chi connectivity index (χ4n) is 2.11. The van der Waals surface area contributed by atoms with Crippen molar-refractivity contribution in [2.24, 2.45) is 0 Å². The van der Waals surface area contributed by atoms with Gasteiger partial charge in [-0.1, -0.05) is 12.1 Å². The molecule has 1 aliphatic rings. The highest BCUT2D eigenvalue weighted by Gasteiger charge is 2.35. The van der Waals surface area contributed by atoms with Crippen LogP contribution in [0.5, 0.6) is 0 Å². The van der Waals surface area contributed by atoms with Gasteiger partial charge in [0.05, 0.1) is 17.7 Å². The predicted molar refractivity (Wildman–Crippen MR) is 73.1 cm³/mol. The molecule has 0 fully saturated rings. The van der Waals surface area contributed by atoms with Gasteiger partial charge < -0.3 is 15.5 Å². The first kappa shape index (κ1) is 15.6. The van der Waals surface area contributed by atoms with Gasteiger partial charge in [-0.15, -0.1) is 0 Å². The van der Waals surface area contributed by atoms with E-state index in [2.05, 4.69) is 5.32 Å². The lowest BCUT2D eigenvalue weighted by Crippen LogP contribution is -2.44. The van der Waals surface area contributed by atoms with Crippen LogP contribution in [-0.2, 0) is 9.59 Å². The van der Waals surface area contributed by atoms with Gasteiger partial charge in [0.25, 0.3) is 11.8 Å². The van der Waals surface area contributed by atoms with Crippen molar-refractivity contribution in [3.8, 4) is 0 Å². The smallest absolute Gasteiger partial charge is 0.328 e. The maximum atomic E-state index is 12.0. The van der Waals surface area contributed by atoms with Crippen LogP contribution in [0.25, 0.3) is 0 Å². The Hall–Kier alpha value is -2.74. The number of amides is 3. The summed E-state index contributed by atoms with van der Waals surface area (Å²) < 4.78 is 0. The number of carboxylic acid groups (broad SMARTS) is 1. The van der Waals surface area contributed by atoms with E-state index in [-0.39, 0.29) is 24.1 Å². The summed E-state index contributed by atoms with van der Waals surface area (Å²) in [7, 11) is 0. The first-order chi connectivity index (χ1) is 10.5. The molecule has 0 bridgehead atoms. The summed E-state index contributed by atoms with van der Waals surface area (Å²) in [5.41, 5.74) is 0.568. The van der Waals surface area contributed by atoms with Gasteiger partial charge in [0, 0.05) is 13.0 Å². The number of rotatable bonds is 6. The van der Waals surface area contributed by atoms with E-state index in [1.54, 1.807) is 12.1 Å². The van der Waals surface area contributed by atoms with Gasteiger partial charge in [-0.3, -0.25) is 19.3 Å². The summed E-state index contributed by atoms with van der Waals surface area (Å²) in [6.07, 6.45) is -0.241. The Kier molecular flexibility index (Phi) is 4.52. The van der Waals surface area contributed by atoms with Crippen LogP contribution in [0.1, 0.15) is 27.1 Å². The fraction of sp³-hybridized carbons (Fsp3) is 0.286. The largest absolute Gasteiger partial charge is 0.480 e. The van der Waals surface area contributed by atoms with E-state index in [1.165, 1.54) is 12.1 Å². The second-order valence-corrected chi connectivity index (χ2v) is 4.70. The number of imide groups is 1. The van der Waals surface area contributed by atoms with E-state index in [9.17, 15) is 19.2 Å². The quantitative estimate of drug-likeness (QED) is 0.593. The van der Waals surface area contributed by atoms with Crippen molar-refractivity contribution in [3.05, 3.63) is 35.4 Å². The van der Waals surface area contributed by atoms with Gasteiger partial charge in [-0.2, -0.15) is 0 Å². The molecule has 1 aliphatic heterocycles. The molecule has 3 amide bonds. The molecule has 0 saturated heterocycles. The molecule has 0 spiro atoms. The molecule has 0 radical (unpaired) electrons. The molecule has 2 rings (SSSR count). The maximum Gasteiger partial charge on any atom is 0.328 e. The number of aliphatic hydroxyl groups excluding tert-OH is 1. The number of aliphatic hydroxyl groups is 1. The van der Waals surface area contributed by atoms with E-state index < -0.39 is 36.3 Å². The third-order valence-electron chi connectivity index (χ3n) is 3.26. The Morgan fingerprint density at radius 2 is 1.68 bits per heavy atom. The highest BCUT2D eigenvalue weighted by atomic mass is 16.4. The zero-order valence-electron chi connectivity index (χ0n) is 11.5. The van der Waals surface area contributed by atoms with Gasteiger partial charge in [-0.05, 0) is 12.1 Å². The Morgan fingerprint density at radius 1 is 1.14 bits per heavy atom.